The molecule has 1 heterocycles. The minimum absolute atomic E-state index is 0.0387. The number of rotatable bonds is 4. The van der Waals surface area contributed by atoms with Crippen molar-refractivity contribution in [2.45, 2.75) is 31.7 Å². The number of nitro benzene ring substituents is 1. The molecule has 0 spiro atoms. The molecule has 108 valence electrons. The fourth-order valence-corrected chi connectivity index (χ4v) is 2.84. The van der Waals surface area contributed by atoms with E-state index in [1.165, 1.54) is 4.90 Å². The van der Waals surface area contributed by atoms with Crippen molar-refractivity contribution in [2.24, 2.45) is 0 Å². The number of hydrogen-bond acceptors (Lipinski definition) is 4. The van der Waals surface area contributed by atoms with Crippen LogP contribution in [0, 0.1) is 15.9 Å². The van der Waals surface area contributed by atoms with Gasteiger partial charge in [-0.25, -0.2) is 9.18 Å². The molecule has 1 fully saturated rings. The predicted molar refractivity (Wildman–Crippen MR) is 70.3 cm³/mol. The summed E-state index contributed by atoms with van der Waals surface area (Å²) in [5.74, 6) is -1.65. The molecule has 1 saturated heterocycles. The molecule has 1 unspecified atom stereocenters. The van der Waals surface area contributed by atoms with E-state index in [9.17, 15) is 24.4 Å². The van der Waals surface area contributed by atoms with Crippen LogP contribution in [0.2, 0.25) is 0 Å². The lowest BCUT2D eigenvalue weighted by Crippen LogP contribution is -2.50. The highest BCUT2D eigenvalue weighted by molar-refractivity contribution is 5.86. The van der Waals surface area contributed by atoms with Crippen molar-refractivity contribution in [3.05, 3.63) is 34.1 Å². The Kier molecular flexibility index (Phi) is 3.61. The highest BCUT2D eigenvalue weighted by atomic mass is 19.1. The van der Waals surface area contributed by atoms with Gasteiger partial charge in [-0.1, -0.05) is 6.92 Å². The van der Waals surface area contributed by atoms with Gasteiger partial charge in [0.15, 0.2) is 0 Å². The number of hydrogen-bond donors (Lipinski definition) is 1. The predicted octanol–water partition coefficient (Wildman–Crippen LogP) is 2.57. The summed E-state index contributed by atoms with van der Waals surface area (Å²) in [6.45, 7) is 2.09. The fraction of sp³-hybridized carbons (Fsp3) is 0.462. The van der Waals surface area contributed by atoms with E-state index in [1.54, 1.807) is 6.92 Å². The molecular formula is C13H15FN2O4. The number of benzene rings is 1. The van der Waals surface area contributed by atoms with Crippen LogP contribution in [0.4, 0.5) is 15.8 Å². The summed E-state index contributed by atoms with van der Waals surface area (Å²) in [4.78, 5) is 23.5. The number of carboxylic acids is 1. The zero-order valence-corrected chi connectivity index (χ0v) is 11.0. The van der Waals surface area contributed by atoms with Gasteiger partial charge in [0.25, 0.3) is 5.69 Å². The molecule has 2 rings (SSSR count). The average Bonchev–Trinajstić information content (AvgIpc) is 2.83. The van der Waals surface area contributed by atoms with Gasteiger partial charge >= 0.3 is 5.97 Å². The highest BCUT2D eigenvalue weighted by Gasteiger charge is 2.48. The van der Waals surface area contributed by atoms with Crippen LogP contribution in [0.25, 0.3) is 0 Å². The normalized spacial score (nSPS) is 22.0. The number of carbonyl (C=O) groups is 1. The zero-order valence-electron chi connectivity index (χ0n) is 11.0. The summed E-state index contributed by atoms with van der Waals surface area (Å²) in [5, 5.41) is 20.6. The molecule has 1 N–H and O–H groups in total. The maximum absolute atomic E-state index is 13.4. The quantitative estimate of drug-likeness (QED) is 0.677. The van der Waals surface area contributed by atoms with Crippen LogP contribution in [-0.2, 0) is 4.79 Å². The van der Waals surface area contributed by atoms with Gasteiger partial charge in [-0.3, -0.25) is 10.1 Å². The van der Waals surface area contributed by atoms with Gasteiger partial charge in [-0.2, -0.15) is 0 Å². The molecule has 0 bridgehead atoms. The van der Waals surface area contributed by atoms with Crippen molar-refractivity contribution in [3.8, 4) is 0 Å². The maximum Gasteiger partial charge on any atom is 0.329 e. The fourth-order valence-electron chi connectivity index (χ4n) is 2.84. The molecule has 1 aliphatic heterocycles. The summed E-state index contributed by atoms with van der Waals surface area (Å²) in [6, 6.07) is 3.12. The van der Waals surface area contributed by atoms with Gasteiger partial charge in [0.1, 0.15) is 17.0 Å². The lowest BCUT2D eigenvalue weighted by molar-refractivity contribution is -0.384. The first-order valence-corrected chi connectivity index (χ1v) is 6.37. The average molecular weight is 282 g/mol. The van der Waals surface area contributed by atoms with Gasteiger partial charge in [0.2, 0.25) is 0 Å². The molecule has 0 aromatic heterocycles. The Morgan fingerprint density at radius 3 is 2.85 bits per heavy atom. The molecule has 1 atom stereocenters. The first-order valence-electron chi connectivity index (χ1n) is 6.37. The minimum Gasteiger partial charge on any atom is -0.479 e. The second-order valence-corrected chi connectivity index (χ2v) is 4.84. The van der Waals surface area contributed by atoms with Crippen molar-refractivity contribution < 1.29 is 19.2 Å². The van der Waals surface area contributed by atoms with Crippen molar-refractivity contribution in [1.82, 2.24) is 0 Å². The van der Waals surface area contributed by atoms with E-state index in [4.69, 9.17) is 0 Å². The molecule has 1 aromatic rings. The molecule has 6 nitrogen and oxygen atoms in total. The molecule has 7 heteroatoms. The lowest BCUT2D eigenvalue weighted by Gasteiger charge is -2.35. The molecular weight excluding hydrogens is 267 g/mol. The van der Waals surface area contributed by atoms with Crippen LogP contribution in [0.5, 0.6) is 0 Å². The Hall–Kier alpha value is -2.18. The van der Waals surface area contributed by atoms with Crippen LogP contribution in [0.15, 0.2) is 18.2 Å². The van der Waals surface area contributed by atoms with E-state index in [0.717, 1.165) is 18.2 Å². The Morgan fingerprint density at radius 2 is 2.30 bits per heavy atom. The Morgan fingerprint density at radius 1 is 1.60 bits per heavy atom. The lowest BCUT2D eigenvalue weighted by atomic mass is 9.92. The topological polar surface area (TPSA) is 83.7 Å². The largest absolute Gasteiger partial charge is 0.479 e. The molecule has 0 aliphatic carbocycles. The second-order valence-electron chi connectivity index (χ2n) is 4.84. The van der Waals surface area contributed by atoms with Crippen molar-refractivity contribution in [2.75, 3.05) is 11.4 Å². The number of nitrogens with zero attached hydrogens (tertiary/aromatic N) is 2. The second kappa shape index (κ2) is 5.07. The smallest absolute Gasteiger partial charge is 0.329 e. The summed E-state index contributed by atoms with van der Waals surface area (Å²) < 4.78 is 13.4. The van der Waals surface area contributed by atoms with E-state index in [0.29, 0.717) is 25.8 Å². The molecule has 20 heavy (non-hydrogen) atoms. The standard InChI is InChI=1S/C13H15FN2O4/c1-2-13(12(17)18)6-3-7-15(13)11-8-9(14)4-5-10(11)16(19)20/h4-5,8H,2-3,6-7H2,1H3,(H,17,18). The van der Waals surface area contributed by atoms with E-state index in [1.807, 2.05) is 0 Å². The molecule has 0 amide bonds. The van der Waals surface area contributed by atoms with E-state index in [2.05, 4.69) is 0 Å². The SMILES string of the molecule is CCC1(C(=O)O)CCCN1c1cc(F)ccc1[N+](=O)[O-]. The minimum atomic E-state index is -1.20. The Balaban J connectivity index is 2.57. The molecule has 0 radical (unpaired) electrons. The number of halogens is 1. The van der Waals surface area contributed by atoms with E-state index >= 15 is 0 Å². The van der Waals surface area contributed by atoms with Crippen molar-refractivity contribution in [1.29, 1.82) is 0 Å². The molecule has 1 aromatic carbocycles. The van der Waals surface area contributed by atoms with Crippen LogP contribution >= 0.6 is 0 Å². The third-order valence-corrected chi connectivity index (χ3v) is 3.90. The van der Waals surface area contributed by atoms with Gasteiger partial charge in [-0.05, 0) is 25.3 Å². The summed E-state index contributed by atoms with van der Waals surface area (Å²) in [7, 11) is 0. The first-order chi connectivity index (χ1) is 9.42. The summed E-state index contributed by atoms with van der Waals surface area (Å²) >= 11 is 0. The number of carboxylic acid groups (broad SMARTS) is 1. The van der Waals surface area contributed by atoms with Gasteiger partial charge in [0.05, 0.1) is 4.92 Å². The van der Waals surface area contributed by atoms with E-state index < -0.39 is 22.2 Å². The van der Waals surface area contributed by atoms with Gasteiger partial charge in [-0.15, -0.1) is 0 Å². The van der Waals surface area contributed by atoms with Crippen LogP contribution in [0.3, 0.4) is 0 Å². The van der Waals surface area contributed by atoms with Gasteiger partial charge in [0, 0.05) is 18.7 Å². The monoisotopic (exact) mass is 282 g/mol. The molecule has 1 aliphatic rings. The van der Waals surface area contributed by atoms with Crippen LogP contribution in [0.1, 0.15) is 26.2 Å². The highest BCUT2D eigenvalue weighted by Crippen LogP contribution is 2.41. The van der Waals surface area contributed by atoms with Crippen LogP contribution in [-0.4, -0.2) is 28.1 Å². The maximum atomic E-state index is 13.4. The van der Waals surface area contributed by atoms with Crippen molar-refractivity contribution in [3.63, 3.8) is 0 Å². The Labute approximate surface area is 115 Å². The zero-order chi connectivity index (χ0) is 14.9. The summed E-state index contributed by atoms with van der Waals surface area (Å²) in [6.07, 6.45) is 1.30. The summed E-state index contributed by atoms with van der Waals surface area (Å²) in [5.41, 5.74) is -1.43. The van der Waals surface area contributed by atoms with Gasteiger partial charge < -0.3 is 10.0 Å². The number of aliphatic carboxylic acids is 1. The van der Waals surface area contributed by atoms with E-state index in [-0.39, 0.29) is 11.4 Å². The molecule has 0 saturated carbocycles. The first kappa shape index (κ1) is 14.2. The number of anilines is 1. The third kappa shape index (κ3) is 2.09. The van der Waals surface area contributed by atoms with Crippen LogP contribution < -0.4 is 4.90 Å². The Bertz CT molecular complexity index is 563. The number of nitro groups is 1. The van der Waals surface area contributed by atoms with Crippen molar-refractivity contribution >= 4 is 17.3 Å². The third-order valence-electron chi connectivity index (χ3n) is 3.90.